The minimum atomic E-state index is -0.657. The van der Waals surface area contributed by atoms with Gasteiger partial charge in [0.1, 0.15) is 5.75 Å². The van der Waals surface area contributed by atoms with Crippen LogP contribution in [-0.2, 0) is 4.79 Å². The monoisotopic (exact) mass is 463 g/mol. The smallest absolute Gasteiger partial charge is 0.280 e. The summed E-state index contributed by atoms with van der Waals surface area (Å²) in [6.07, 6.45) is 2.79. The van der Waals surface area contributed by atoms with Crippen molar-refractivity contribution in [1.82, 2.24) is 10.4 Å². The highest BCUT2D eigenvalue weighted by Gasteiger charge is 2.13. The van der Waals surface area contributed by atoms with Crippen LogP contribution in [0, 0.1) is 0 Å². The maximum Gasteiger partial charge on any atom is 0.280 e. The number of fused-ring (bicyclic) bond motifs is 1. The number of nitrogens with one attached hydrogen (secondary N) is 2. The number of rotatable bonds is 5. The minimum absolute atomic E-state index is 0.319. The van der Waals surface area contributed by atoms with Crippen LogP contribution in [0.3, 0.4) is 0 Å². The van der Waals surface area contributed by atoms with Crippen molar-refractivity contribution in [3.05, 3.63) is 63.2 Å². The van der Waals surface area contributed by atoms with Gasteiger partial charge in [-0.3, -0.25) is 4.79 Å². The molecule has 25 heavy (non-hydrogen) atoms. The lowest BCUT2D eigenvalue weighted by molar-refractivity contribution is -0.127. The number of halogens is 2. The lowest BCUT2D eigenvalue weighted by atomic mass is 10.2. The van der Waals surface area contributed by atoms with Crippen molar-refractivity contribution in [3.63, 3.8) is 0 Å². The summed E-state index contributed by atoms with van der Waals surface area (Å²) in [5, 5.41) is 5.04. The summed E-state index contributed by atoms with van der Waals surface area (Å²) in [6.45, 7) is 1.68. The van der Waals surface area contributed by atoms with E-state index in [0.29, 0.717) is 5.75 Å². The van der Waals surface area contributed by atoms with E-state index in [9.17, 15) is 4.79 Å². The number of ether oxygens (including phenoxy) is 1. The Labute approximate surface area is 161 Å². The summed E-state index contributed by atoms with van der Waals surface area (Å²) < 4.78 is 7.52. The highest BCUT2D eigenvalue weighted by atomic mass is 79.9. The van der Waals surface area contributed by atoms with Crippen molar-refractivity contribution < 1.29 is 9.53 Å². The van der Waals surface area contributed by atoms with Gasteiger partial charge in [0.25, 0.3) is 5.91 Å². The van der Waals surface area contributed by atoms with Crippen LogP contribution in [-0.4, -0.2) is 23.2 Å². The van der Waals surface area contributed by atoms with Gasteiger partial charge in [-0.25, -0.2) is 5.43 Å². The van der Waals surface area contributed by atoms with E-state index in [4.69, 9.17) is 4.74 Å². The van der Waals surface area contributed by atoms with Gasteiger partial charge in [-0.05, 0) is 49.4 Å². The first-order valence-corrected chi connectivity index (χ1v) is 9.13. The molecule has 1 heterocycles. The summed E-state index contributed by atoms with van der Waals surface area (Å²) in [6, 6.07) is 13.2. The Balaban J connectivity index is 1.61. The third-order valence-electron chi connectivity index (χ3n) is 3.55. The second-order valence-corrected chi connectivity index (χ2v) is 7.21. The Hall–Kier alpha value is -2.12. The molecule has 7 heteroatoms. The van der Waals surface area contributed by atoms with Crippen LogP contribution < -0.4 is 10.2 Å². The lowest BCUT2D eigenvalue weighted by Crippen LogP contribution is -2.33. The van der Waals surface area contributed by atoms with Gasteiger partial charge < -0.3 is 9.72 Å². The molecule has 0 radical (unpaired) electrons. The van der Waals surface area contributed by atoms with E-state index in [1.165, 1.54) is 0 Å². The van der Waals surface area contributed by atoms with Crippen LogP contribution in [0.5, 0.6) is 5.75 Å². The van der Waals surface area contributed by atoms with Gasteiger partial charge >= 0.3 is 0 Å². The summed E-state index contributed by atoms with van der Waals surface area (Å²) in [4.78, 5) is 15.2. The second kappa shape index (κ2) is 7.84. The summed E-state index contributed by atoms with van der Waals surface area (Å²) in [7, 11) is 0. The molecule has 1 atom stereocenters. The van der Waals surface area contributed by atoms with E-state index in [0.717, 1.165) is 25.4 Å². The van der Waals surface area contributed by atoms with Crippen molar-refractivity contribution in [1.29, 1.82) is 0 Å². The Kier molecular flexibility index (Phi) is 5.55. The molecule has 3 rings (SSSR count). The first-order valence-electron chi connectivity index (χ1n) is 7.55. The zero-order valence-electron chi connectivity index (χ0n) is 13.3. The molecule has 1 aromatic heterocycles. The summed E-state index contributed by atoms with van der Waals surface area (Å²) >= 11 is 6.81. The van der Waals surface area contributed by atoms with Crippen molar-refractivity contribution in [2.75, 3.05) is 0 Å². The number of hydrogen-bond acceptors (Lipinski definition) is 3. The normalized spacial score (nSPS) is 12.4. The minimum Gasteiger partial charge on any atom is -0.481 e. The number of hydrazone groups is 1. The number of aromatic amines is 1. The molecule has 0 aliphatic heterocycles. The average molecular weight is 465 g/mol. The molecule has 0 saturated heterocycles. The first-order chi connectivity index (χ1) is 12.0. The Morgan fingerprint density at radius 3 is 2.68 bits per heavy atom. The summed E-state index contributed by atoms with van der Waals surface area (Å²) in [5.41, 5.74) is 4.39. The van der Waals surface area contributed by atoms with Crippen molar-refractivity contribution in [2.45, 2.75) is 13.0 Å². The third-order valence-corrected chi connectivity index (χ3v) is 4.57. The number of nitrogens with zero attached hydrogens (tertiary/aromatic N) is 1. The predicted octanol–water partition coefficient (Wildman–Crippen LogP) is 4.61. The predicted molar refractivity (Wildman–Crippen MR) is 106 cm³/mol. The van der Waals surface area contributed by atoms with Crippen LogP contribution in [0.2, 0.25) is 0 Å². The first kappa shape index (κ1) is 17.7. The van der Waals surface area contributed by atoms with Gasteiger partial charge in [0.15, 0.2) is 6.10 Å². The molecule has 0 fully saturated rings. The molecule has 128 valence electrons. The van der Waals surface area contributed by atoms with E-state index in [2.05, 4.69) is 47.4 Å². The van der Waals surface area contributed by atoms with Crippen LogP contribution in [0.25, 0.3) is 10.9 Å². The molecule has 0 saturated carbocycles. The maximum atomic E-state index is 12.1. The Morgan fingerprint density at radius 1 is 1.20 bits per heavy atom. The number of H-pyrrole nitrogens is 1. The number of hydrogen-bond donors (Lipinski definition) is 2. The largest absolute Gasteiger partial charge is 0.481 e. The number of aromatic nitrogens is 1. The highest BCUT2D eigenvalue weighted by Crippen LogP contribution is 2.21. The Morgan fingerprint density at radius 2 is 1.92 bits per heavy atom. The standard InChI is InChI=1S/C18H15Br2N3O2/c1-11(25-15-5-2-13(19)3-6-15)18(24)23-22-10-12-9-21-17-7-4-14(20)8-16(12)17/h2-11,21H,1H3,(H,23,24)/b22-10-/t11-/m1/s1. The number of benzene rings is 2. The molecule has 1 amide bonds. The molecular weight excluding hydrogens is 450 g/mol. The molecule has 2 N–H and O–H groups in total. The SMILES string of the molecule is C[C@@H](Oc1ccc(Br)cc1)C(=O)N/N=C\c1c[nH]c2ccc(Br)cc12. The van der Waals surface area contributed by atoms with E-state index in [1.54, 1.807) is 25.3 Å². The van der Waals surface area contributed by atoms with Crippen LogP contribution in [0.15, 0.2) is 62.7 Å². The van der Waals surface area contributed by atoms with Crippen molar-refractivity contribution >= 4 is 54.9 Å². The fourth-order valence-electron chi connectivity index (χ4n) is 2.25. The molecule has 0 aliphatic rings. The zero-order chi connectivity index (χ0) is 17.8. The van der Waals surface area contributed by atoms with Crippen LogP contribution in [0.4, 0.5) is 0 Å². The fourth-order valence-corrected chi connectivity index (χ4v) is 2.87. The van der Waals surface area contributed by atoms with Gasteiger partial charge in [-0.2, -0.15) is 5.10 Å². The molecule has 0 unspecified atom stereocenters. The van der Waals surface area contributed by atoms with Gasteiger partial charge in [0.2, 0.25) is 0 Å². The maximum absolute atomic E-state index is 12.1. The van der Waals surface area contributed by atoms with Crippen LogP contribution in [0.1, 0.15) is 12.5 Å². The van der Waals surface area contributed by atoms with E-state index in [1.807, 2.05) is 36.5 Å². The van der Waals surface area contributed by atoms with Gasteiger partial charge in [0.05, 0.1) is 6.21 Å². The van der Waals surface area contributed by atoms with Gasteiger partial charge in [-0.1, -0.05) is 31.9 Å². The average Bonchev–Trinajstić information content (AvgIpc) is 2.99. The Bertz CT molecular complexity index is 920. The molecule has 3 aromatic rings. The van der Waals surface area contributed by atoms with Crippen LogP contribution >= 0.6 is 31.9 Å². The highest BCUT2D eigenvalue weighted by molar-refractivity contribution is 9.10. The molecular formula is C18H15Br2N3O2. The lowest BCUT2D eigenvalue weighted by Gasteiger charge is -2.12. The third kappa shape index (κ3) is 4.49. The van der Waals surface area contributed by atoms with Crippen molar-refractivity contribution in [2.24, 2.45) is 5.10 Å². The quantitative estimate of drug-likeness (QED) is 0.427. The molecule has 0 bridgehead atoms. The molecule has 5 nitrogen and oxygen atoms in total. The van der Waals surface area contributed by atoms with E-state index in [-0.39, 0.29) is 5.91 Å². The molecule has 0 spiro atoms. The number of amides is 1. The molecule has 2 aromatic carbocycles. The van der Waals surface area contributed by atoms with Gasteiger partial charge in [0, 0.05) is 31.6 Å². The fraction of sp³-hybridized carbons (Fsp3) is 0.111. The number of carbonyl (C=O) groups is 1. The summed E-state index contributed by atoms with van der Waals surface area (Å²) in [5.74, 6) is 0.302. The van der Waals surface area contributed by atoms with E-state index >= 15 is 0 Å². The van der Waals surface area contributed by atoms with Gasteiger partial charge in [-0.15, -0.1) is 0 Å². The zero-order valence-corrected chi connectivity index (χ0v) is 16.5. The topological polar surface area (TPSA) is 66.5 Å². The second-order valence-electron chi connectivity index (χ2n) is 5.38. The molecule has 0 aliphatic carbocycles. The number of carbonyl (C=O) groups excluding carboxylic acids is 1. The van der Waals surface area contributed by atoms with Crippen molar-refractivity contribution in [3.8, 4) is 5.75 Å². The van der Waals surface area contributed by atoms with E-state index < -0.39 is 6.10 Å².